The molecule has 1 aromatic carbocycles. The number of hydrogen-bond donors (Lipinski definition) is 1. The molecular formula is C22H23FN4O2S. The molecule has 0 bridgehead atoms. The van der Waals surface area contributed by atoms with Crippen molar-refractivity contribution in [1.29, 1.82) is 0 Å². The number of anilines is 2. The topological polar surface area (TPSA) is 67.4 Å². The second-order valence-electron chi connectivity index (χ2n) is 7.90. The van der Waals surface area contributed by atoms with E-state index >= 15 is 0 Å². The quantitative estimate of drug-likeness (QED) is 0.669. The number of carbonyl (C=O) groups is 1. The number of benzene rings is 1. The van der Waals surface area contributed by atoms with Gasteiger partial charge in [0.15, 0.2) is 0 Å². The monoisotopic (exact) mass is 426 g/mol. The maximum absolute atomic E-state index is 14.7. The molecule has 156 valence electrons. The smallest absolute Gasteiger partial charge is 0.266 e. The summed E-state index contributed by atoms with van der Waals surface area (Å²) in [6.45, 7) is 6.39. The second-order valence-corrected chi connectivity index (χ2v) is 8.90. The van der Waals surface area contributed by atoms with Crippen molar-refractivity contribution >= 4 is 38.8 Å². The van der Waals surface area contributed by atoms with Crippen LogP contribution in [0.25, 0.3) is 10.2 Å². The molecule has 1 N–H and O–H groups in total. The highest BCUT2D eigenvalue weighted by atomic mass is 32.1. The van der Waals surface area contributed by atoms with Gasteiger partial charge >= 0.3 is 0 Å². The molecule has 30 heavy (non-hydrogen) atoms. The number of amides is 1. The van der Waals surface area contributed by atoms with Crippen LogP contribution in [0.4, 0.5) is 15.8 Å². The number of nitrogens with one attached hydrogen (secondary N) is 1. The molecule has 2 aliphatic rings. The summed E-state index contributed by atoms with van der Waals surface area (Å²) in [6, 6.07) is 4.83. The van der Waals surface area contributed by atoms with E-state index in [2.05, 4.69) is 10.3 Å². The molecule has 0 unspecified atom stereocenters. The Labute approximate surface area is 178 Å². The fraction of sp³-hybridized carbons (Fsp3) is 0.409. The molecule has 1 amide bonds. The van der Waals surface area contributed by atoms with Crippen LogP contribution in [-0.2, 0) is 4.74 Å². The predicted molar refractivity (Wildman–Crippen MR) is 116 cm³/mol. The number of thiophene rings is 1. The molecule has 3 heterocycles. The summed E-state index contributed by atoms with van der Waals surface area (Å²) >= 11 is 1.38. The van der Waals surface area contributed by atoms with Gasteiger partial charge in [0.1, 0.15) is 16.5 Å². The summed E-state index contributed by atoms with van der Waals surface area (Å²) in [7, 11) is 0. The first-order valence-corrected chi connectivity index (χ1v) is 11.0. The molecule has 3 aromatic rings. The largest absolute Gasteiger partial charge is 0.378 e. The standard InChI is InChI=1S/C22H23FN4O2S/c1-12-18-13(2)24-20(14-3-4-14)26-22(18)30-19(12)21(28)25-15-5-6-17(16(23)11-15)27-7-9-29-10-8-27/h5-6,11,14H,3-4,7-10H2,1-2H3,(H,25,28). The number of halogens is 1. The van der Waals surface area contributed by atoms with Crippen molar-refractivity contribution < 1.29 is 13.9 Å². The molecule has 5 rings (SSSR count). The fourth-order valence-electron chi connectivity index (χ4n) is 3.93. The van der Waals surface area contributed by atoms with E-state index in [0.29, 0.717) is 48.5 Å². The van der Waals surface area contributed by atoms with E-state index in [1.54, 1.807) is 12.1 Å². The zero-order valence-corrected chi connectivity index (χ0v) is 17.8. The number of hydrogen-bond acceptors (Lipinski definition) is 6. The molecule has 6 nitrogen and oxygen atoms in total. The SMILES string of the molecule is Cc1nc(C2CC2)nc2sc(C(=O)Nc3ccc(N4CCOCC4)c(F)c3)c(C)c12. The van der Waals surface area contributed by atoms with Crippen LogP contribution in [0.5, 0.6) is 0 Å². The lowest BCUT2D eigenvalue weighted by Gasteiger charge is -2.29. The molecular weight excluding hydrogens is 403 g/mol. The van der Waals surface area contributed by atoms with Crippen molar-refractivity contribution in [2.75, 3.05) is 36.5 Å². The third-order valence-electron chi connectivity index (χ3n) is 5.69. The van der Waals surface area contributed by atoms with Gasteiger partial charge in [0.2, 0.25) is 0 Å². The summed E-state index contributed by atoms with van der Waals surface area (Å²) in [5.74, 6) is 0.745. The van der Waals surface area contributed by atoms with Crippen LogP contribution >= 0.6 is 11.3 Å². The minimum atomic E-state index is -0.349. The van der Waals surface area contributed by atoms with Crippen LogP contribution in [0, 0.1) is 19.7 Å². The summed E-state index contributed by atoms with van der Waals surface area (Å²) in [5, 5.41) is 3.79. The van der Waals surface area contributed by atoms with Crippen molar-refractivity contribution in [3.05, 3.63) is 46.0 Å². The van der Waals surface area contributed by atoms with Crippen LogP contribution in [0.3, 0.4) is 0 Å². The van der Waals surface area contributed by atoms with Crippen LogP contribution in [-0.4, -0.2) is 42.2 Å². The zero-order chi connectivity index (χ0) is 20.8. The molecule has 0 atom stereocenters. The Balaban J connectivity index is 1.39. The zero-order valence-electron chi connectivity index (χ0n) is 17.0. The predicted octanol–water partition coefficient (Wildman–Crippen LogP) is 4.41. The van der Waals surface area contributed by atoms with Crippen LogP contribution in [0.2, 0.25) is 0 Å². The molecule has 8 heteroatoms. The second kappa shape index (κ2) is 7.59. The minimum Gasteiger partial charge on any atom is -0.378 e. The van der Waals surface area contributed by atoms with Crippen molar-refractivity contribution in [1.82, 2.24) is 9.97 Å². The molecule has 1 saturated heterocycles. The van der Waals surface area contributed by atoms with Gasteiger partial charge in [-0.2, -0.15) is 0 Å². The fourth-order valence-corrected chi connectivity index (χ4v) is 5.07. The maximum atomic E-state index is 14.7. The molecule has 2 aromatic heterocycles. The highest BCUT2D eigenvalue weighted by Crippen LogP contribution is 2.40. The number of rotatable bonds is 4. The molecule has 1 saturated carbocycles. The number of aryl methyl sites for hydroxylation is 2. The summed E-state index contributed by atoms with van der Waals surface area (Å²) in [5.41, 5.74) is 2.76. The lowest BCUT2D eigenvalue weighted by Crippen LogP contribution is -2.36. The van der Waals surface area contributed by atoms with Gasteiger partial charge in [-0.15, -0.1) is 11.3 Å². The van der Waals surface area contributed by atoms with E-state index in [-0.39, 0.29) is 11.7 Å². The Hall–Kier alpha value is -2.58. The van der Waals surface area contributed by atoms with Crippen LogP contribution in [0.15, 0.2) is 18.2 Å². The molecule has 0 spiro atoms. The maximum Gasteiger partial charge on any atom is 0.266 e. The van der Waals surface area contributed by atoms with Gasteiger partial charge in [0, 0.05) is 30.1 Å². The van der Waals surface area contributed by atoms with Crippen LogP contribution in [0.1, 0.15) is 45.5 Å². The first kappa shape index (κ1) is 19.4. The van der Waals surface area contributed by atoms with Gasteiger partial charge in [0.25, 0.3) is 5.91 Å². The number of ether oxygens (including phenoxy) is 1. The highest BCUT2D eigenvalue weighted by molar-refractivity contribution is 7.20. The van der Waals surface area contributed by atoms with E-state index in [4.69, 9.17) is 9.72 Å². The lowest BCUT2D eigenvalue weighted by atomic mass is 10.1. The summed E-state index contributed by atoms with van der Waals surface area (Å²) in [6.07, 6.45) is 2.27. The van der Waals surface area contributed by atoms with Gasteiger partial charge in [-0.3, -0.25) is 4.79 Å². The normalized spacial score (nSPS) is 16.8. The van der Waals surface area contributed by atoms with E-state index in [1.165, 1.54) is 17.4 Å². The first-order chi connectivity index (χ1) is 14.5. The Bertz CT molecular complexity index is 1140. The third kappa shape index (κ3) is 3.54. The van der Waals surface area contributed by atoms with Crippen molar-refractivity contribution in [3.63, 3.8) is 0 Å². The Morgan fingerprint density at radius 2 is 2.00 bits per heavy atom. The summed E-state index contributed by atoms with van der Waals surface area (Å²) < 4.78 is 20.0. The van der Waals surface area contributed by atoms with Crippen molar-refractivity contribution in [3.8, 4) is 0 Å². The van der Waals surface area contributed by atoms with E-state index in [9.17, 15) is 9.18 Å². The van der Waals surface area contributed by atoms with Gasteiger partial charge in [-0.05, 0) is 50.5 Å². The van der Waals surface area contributed by atoms with E-state index < -0.39 is 0 Å². The number of carbonyl (C=O) groups excluding carboxylic acids is 1. The molecule has 1 aliphatic carbocycles. The third-order valence-corrected chi connectivity index (χ3v) is 6.88. The van der Waals surface area contributed by atoms with Crippen molar-refractivity contribution in [2.45, 2.75) is 32.6 Å². The average molecular weight is 427 g/mol. The van der Waals surface area contributed by atoms with Gasteiger partial charge in [0.05, 0.1) is 29.5 Å². The van der Waals surface area contributed by atoms with Gasteiger partial charge in [-0.1, -0.05) is 0 Å². The van der Waals surface area contributed by atoms with E-state index in [1.807, 2.05) is 18.7 Å². The Morgan fingerprint density at radius 3 is 2.70 bits per heavy atom. The average Bonchev–Trinajstić information content (AvgIpc) is 3.52. The number of morpholine rings is 1. The Morgan fingerprint density at radius 1 is 1.23 bits per heavy atom. The number of fused-ring (bicyclic) bond motifs is 1. The minimum absolute atomic E-state index is 0.249. The number of nitrogens with zero attached hydrogens (tertiary/aromatic N) is 3. The Kier molecular flexibility index (Phi) is 4.91. The van der Waals surface area contributed by atoms with E-state index in [0.717, 1.165) is 40.1 Å². The number of aromatic nitrogens is 2. The highest BCUT2D eigenvalue weighted by Gasteiger charge is 2.28. The van der Waals surface area contributed by atoms with Gasteiger partial charge < -0.3 is 15.0 Å². The lowest BCUT2D eigenvalue weighted by molar-refractivity contribution is 0.103. The molecule has 0 radical (unpaired) electrons. The first-order valence-electron chi connectivity index (χ1n) is 10.2. The van der Waals surface area contributed by atoms with Crippen molar-refractivity contribution in [2.24, 2.45) is 0 Å². The molecule has 1 aliphatic heterocycles. The summed E-state index contributed by atoms with van der Waals surface area (Å²) in [4.78, 5) is 25.7. The van der Waals surface area contributed by atoms with Gasteiger partial charge in [-0.25, -0.2) is 14.4 Å². The molecule has 2 fully saturated rings. The van der Waals surface area contributed by atoms with Crippen LogP contribution < -0.4 is 10.2 Å².